The van der Waals surface area contributed by atoms with E-state index in [4.69, 9.17) is 5.73 Å². The van der Waals surface area contributed by atoms with Crippen LogP contribution in [0.5, 0.6) is 0 Å². The molecule has 0 aliphatic heterocycles. The highest BCUT2D eigenvalue weighted by Gasteiger charge is 2.13. The van der Waals surface area contributed by atoms with Crippen LogP contribution in [-0.2, 0) is 11.3 Å². The van der Waals surface area contributed by atoms with Gasteiger partial charge in [0.05, 0.1) is 17.4 Å². The molecule has 22 heavy (non-hydrogen) atoms. The number of hydrogen-bond donors (Lipinski definition) is 2. The summed E-state index contributed by atoms with van der Waals surface area (Å²) in [5.74, 6) is -0.106. The zero-order valence-corrected chi connectivity index (χ0v) is 13.5. The van der Waals surface area contributed by atoms with Gasteiger partial charge in [0.1, 0.15) is 0 Å². The fourth-order valence-corrected chi connectivity index (χ4v) is 2.50. The Morgan fingerprint density at radius 3 is 2.73 bits per heavy atom. The van der Waals surface area contributed by atoms with Gasteiger partial charge in [-0.15, -0.1) is 0 Å². The van der Waals surface area contributed by atoms with Crippen molar-refractivity contribution < 1.29 is 4.79 Å². The Balaban J connectivity index is 2.16. The van der Waals surface area contributed by atoms with Crippen LogP contribution in [0, 0.1) is 13.8 Å². The van der Waals surface area contributed by atoms with Crippen molar-refractivity contribution in [3.8, 4) is 5.69 Å². The fourth-order valence-electron chi connectivity index (χ4n) is 2.50. The first-order chi connectivity index (χ1) is 10.5. The molecule has 0 radical (unpaired) electrons. The third-order valence-corrected chi connectivity index (χ3v) is 3.62. The van der Waals surface area contributed by atoms with E-state index in [1.54, 1.807) is 0 Å². The molecule has 1 aromatic heterocycles. The zero-order chi connectivity index (χ0) is 16.1. The van der Waals surface area contributed by atoms with E-state index >= 15 is 0 Å². The average Bonchev–Trinajstić information content (AvgIpc) is 2.84. The standard InChI is InChI=1S/C17H24N4O/c1-4-7-15(18)17(22)19-11-14-8-5-6-9-16(14)21-13(3)10-12(2)20-21/h5-6,8-10,15H,4,7,11,18H2,1-3H3,(H,19,22). The van der Waals surface area contributed by atoms with E-state index in [0.717, 1.165) is 29.1 Å². The highest BCUT2D eigenvalue weighted by atomic mass is 16.2. The van der Waals surface area contributed by atoms with E-state index in [9.17, 15) is 4.79 Å². The summed E-state index contributed by atoms with van der Waals surface area (Å²) in [7, 11) is 0. The third kappa shape index (κ3) is 3.74. The number of carbonyl (C=O) groups excluding carboxylic acids is 1. The molecule has 2 rings (SSSR count). The number of para-hydroxylation sites is 1. The number of benzene rings is 1. The van der Waals surface area contributed by atoms with Crippen molar-refractivity contribution in [1.29, 1.82) is 0 Å². The van der Waals surface area contributed by atoms with E-state index < -0.39 is 6.04 Å². The van der Waals surface area contributed by atoms with Crippen LogP contribution < -0.4 is 11.1 Å². The highest BCUT2D eigenvalue weighted by molar-refractivity contribution is 5.81. The van der Waals surface area contributed by atoms with Crippen LogP contribution in [0.2, 0.25) is 0 Å². The van der Waals surface area contributed by atoms with Crippen LogP contribution in [0.15, 0.2) is 30.3 Å². The molecule has 1 amide bonds. The molecule has 2 aromatic rings. The molecule has 1 heterocycles. The molecule has 0 spiro atoms. The van der Waals surface area contributed by atoms with E-state index in [1.807, 2.05) is 55.8 Å². The number of amides is 1. The van der Waals surface area contributed by atoms with Crippen molar-refractivity contribution in [3.05, 3.63) is 47.3 Å². The van der Waals surface area contributed by atoms with Crippen molar-refractivity contribution in [2.24, 2.45) is 5.73 Å². The van der Waals surface area contributed by atoms with Crippen LogP contribution in [0.3, 0.4) is 0 Å². The maximum atomic E-state index is 12.0. The van der Waals surface area contributed by atoms with E-state index in [-0.39, 0.29) is 5.91 Å². The fraction of sp³-hybridized carbons (Fsp3) is 0.412. The number of nitrogens with two attached hydrogens (primary N) is 1. The Labute approximate surface area is 131 Å². The second kappa shape index (κ2) is 7.22. The molecule has 3 N–H and O–H groups in total. The largest absolute Gasteiger partial charge is 0.351 e. The Bertz CT molecular complexity index is 648. The van der Waals surface area contributed by atoms with Crippen molar-refractivity contribution in [3.63, 3.8) is 0 Å². The van der Waals surface area contributed by atoms with E-state index in [2.05, 4.69) is 10.4 Å². The molecule has 1 aromatic carbocycles. The van der Waals surface area contributed by atoms with E-state index in [1.165, 1.54) is 0 Å². The van der Waals surface area contributed by atoms with Crippen LogP contribution in [-0.4, -0.2) is 21.7 Å². The van der Waals surface area contributed by atoms with Crippen LogP contribution in [0.25, 0.3) is 5.69 Å². The maximum Gasteiger partial charge on any atom is 0.237 e. The summed E-state index contributed by atoms with van der Waals surface area (Å²) in [6, 6.07) is 9.53. The SMILES string of the molecule is CCCC(N)C(=O)NCc1ccccc1-n1nc(C)cc1C. The number of nitrogens with one attached hydrogen (secondary N) is 1. The maximum absolute atomic E-state index is 12.0. The predicted molar refractivity (Wildman–Crippen MR) is 87.8 cm³/mol. The minimum Gasteiger partial charge on any atom is -0.351 e. The molecule has 0 saturated carbocycles. The van der Waals surface area contributed by atoms with Crippen molar-refractivity contribution in [1.82, 2.24) is 15.1 Å². The molecule has 1 unspecified atom stereocenters. The highest BCUT2D eigenvalue weighted by Crippen LogP contribution is 2.16. The normalized spacial score (nSPS) is 12.2. The van der Waals surface area contributed by atoms with E-state index in [0.29, 0.717) is 13.0 Å². The molecule has 0 fully saturated rings. The number of aromatic nitrogens is 2. The second-order valence-corrected chi connectivity index (χ2v) is 5.58. The Morgan fingerprint density at radius 2 is 2.09 bits per heavy atom. The number of nitrogens with zero attached hydrogens (tertiary/aromatic N) is 2. The summed E-state index contributed by atoms with van der Waals surface area (Å²) in [5, 5.41) is 7.43. The number of hydrogen-bond acceptors (Lipinski definition) is 3. The van der Waals surface area contributed by atoms with Gasteiger partial charge in [-0.25, -0.2) is 4.68 Å². The molecule has 0 aliphatic carbocycles. The van der Waals surface area contributed by atoms with Gasteiger partial charge >= 0.3 is 0 Å². The Morgan fingerprint density at radius 1 is 1.36 bits per heavy atom. The molecule has 118 valence electrons. The number of aryl methyl sites for hydroxylation is 2. The minimum absolute atomic E-state index is 0.106. The van der Waals surface area contributed by atoms with Gasteiger partial charge in [0.25, 0.3) is 0 Å². The summed E-state index contributed by atoms with van der Waals surface area (Å²) < 4.78 is 1.91. The predicted octanol–water partition coefficient (Wildman–Crippen LogP) is 2.23. The first-order valence-corrected chi connectivity index (χ1v) is 7.67. The van der Waals surface area contributed by atoms with Crippen LogP contribution >= 0.6 is 0 Å². The molecule has 5 heteroatoms. The number of carbonyl (C=O) groups is 1. The molecule has 1 atom stereocenters. The summed E-state index contributed by atoms with van der Waals surface area (Å²) in [5.41, 5.74) is 9.88. The monoisotopic (exact) mass is 300 g/mol. The Hall–Kier alpha value is -2.14. The smallest absolute Gasteiger partial charge is 0.237 e. The molecular weight excluding hydrogens is 276 g/mol. The van der Waals surface area contributed by atoms with Gasteiger partial charge in [-0.2, -0.15) is 5.10 Å². The summed E-state index contributed by atoms with van der Waals surface area (Å²) in [6.45, 7) is 6.46. The zero-order valence-electron chi connectivity index (χ0n) is 13.5. The van der Waals surface area contributed by atoms with Crippen LogP contribution in [0.4, 0.5) is 0 Å². The summed E-state index contributed by atoms with van der Waals surface area (Å²) >= 11 is 0. The lowest BCUT2D eigenvalue weighted by atomic mass is 10.1. The van der Waals surface area contributed by atoms with Gasteiger partial charge in [-0.3, -0.25) is 4.79 Å². The van der Waals surface area contributed by atoms with Crippen LogP contribution in [0.1, 0.15) is 36.7 Å². The van der Waals surface area contributed by atoms with Gasteiger partial charge in [0.2, 0.25) is 5.91 Å². The van der Waals surface area contributed by atoms with Gasteiger partial charge in [0.15, 0.2) is 0 Å². The minimum atomic E-state index is -0.439. The van der Waals surface area contributed by atoms with Crippen molar-refractivity contribution in [2.75, 3.05) is 0 Å². The molecule has 0 saturated heterocycles. The second-order valence-electron chi connectivity index (χ2n) is 5.58. The quantitative estimate of drug-likeness (QED) is 0.859. The Kier molecular flexibility index (Phi) is 5.33. The van der Waals surface area contributed by atoms with Gasteiger partial charge in [-0.05, 0) is 38.0 Å². The molecular formula is C17H24N4O. The average molecular weight is 300 g/mol. The van der Waals surface area contributed by atoms with Gasteiger partial charge in [-0.1, -0.05) is 31.5 Å². The lowest BCUT2D eigenvalue weighted by molar-refractivity contribution is -0.122. The number of rotatable bonds is 6. The first kappa shape index (κ1) is 16.2. The third-order valence-electron chi connectivity index (χ3n) is 3.62. The summed E-state index contributed by atoms with van der Waals surface area (Å²) in [6.07, 6.45) is 1.60. The lowest BCUT2D eigenvalue weighted by Gasteiger charge is -2.14. The van der Waals surface area contributed by atoms with Crippen molar-refractivity contribution >= 4 is 5.91 Å². The molecule has 0 bridgehead atoms. The molecule has 0 aliphatic rings. The van der Waals surface area contributed by atoms with Gasteiger partial charge < -0.3 is 11.1 Å². The summed E-state index contributed by atoms with van der Waals surface area (Å²) in [4.78, 5) is 12.0. The first-order valence-electron chi connectivity index (χ1n) is 7.67. The van der Waals surface area contributed by atoms with Gasteiger partial charge in [0, 0.05) is 12.2 Å². The van der Waals surface area contributed by atoms with Crippen molar-refractivity contribution in [2.45, 2.75) is 46.2 Å². The lowest BCUT2D eigenvalue weighted by Crippen LogP contribution is -2.40. The molecule has 5 nitrogen and oxygen atoms in total. The topological polar surface area (TPSA) is 72.9 Å².